The van der Waals surface area contributed by atoms with Crippen LogP contribution in [0.15, 0.2) is 64.9 Å². The van der Waals surface area contributed by atoms with Crippen LogP contribution in [-0.2, 0) is 17.9 Å². The number of rotatable bonds is 10. The molecule has 9 nitrogen and oxygen atoms in total. The summed E-state index contributed by atoms with van der Waals surface area (Å²) in [5, 5.41) is 14.4. The number of hydrogen-bond donors (Lipinski definition) is 2. The Morgan fingerprint density at radius 2 is 2.17 bits per heavy atom. The Balaban J connectivity index is 1.59. The number of nitrogens with one attached hydrogen (secondary N) is 2. The fourth-order valence-corrected chi connectivity index (χ4v) is 3.32. The lowest BCUT2D eigenvalue weighted by Gasteiger charge is -2.09. The van der Waals surface area contributed by atoms with Crippen LogP contribution in [0.25, 0.3) is 0 Å². The predicted molar refractivity (Wildman–Crippen MR) is 112 cm³/mol. The molecule has 0 fully saturated rings. The van der Waals surface area contributed by atoms with Gasteiger partial charge >= 0.3 is 0 Å². The molecule has 3 rings (SSSR count). The number of carbonyl (C=O) groups excluding carboxylic acids is 2. The maximum atomic E-state index is 12.3. The zero-order chi connectivity index (χ0) is 21.3. The number of ether oxygens (including phenoxy) is 1. The van der Waals surface area contributed by atoms with E-state index in [0.29, 0.717) is 29.0 Å². The highest BCUT2D eigenvalue weighted by Gasteiger charge is 2.15. The predicted octanol–water partition coefficient (Wildman–Crippen LogP) is 2.73. The normalized spacial score (nSPS) is 10.4. The van der Waals surface area contributed by atoms with Gasteiger partial charge in [0.15, 0.2) is 16.7 Å². The third-order valence-electron chi connectivity index (χ3n) is 3.94. The second kappa shape index (κ2) is 10.3. The Hall–Kier alpha value is -3.53. The van der Waals surface area contributed by atoms with Crippen molar-refractivity contribution in [1.82, 2.24) is 20.1 Å². The summed E-state index contributed by atoms with van der Waals surface area (Å²) in [7, 11) is 1.57. The summed E-state index contributed by atoms with van der Waals surface area (Å²) in [6, 6.07) is 10.3. The minimum atomic E-state index is -0.347. The molecule has 0 aliphatic heterocycles. The van der Waals surface area contributed by atoms with Crippen LogP contribution in [0.1, 0.15) is 16.4 Å². The van der Waals surface area contributed by atoms with Crippen molar-refractivity contribution in [3.63, 3.8) is 0 Å². The van der Waals surface area contributed by atoms with Crippen molar-refractivity contribution in [1.29, 1.82) is 0 Å². The first-order valence-corrected chi connectivity index (χ1v) is 10.0. The molecule has 0 atom stereocenters. The number of benzene rings is 1. The van der Waals surface area contributed by atoms with Gasteiger partial charge in [-0.3, -0.25) is 9.59 Å². The summed E-state index contributed by atoms with van der Waals surface area (Å²) in [5.41, 5.74) is 0.647. The molecule has 30 heavy (non-hydrogen) atoms. The van der Waals surface area contributed by atoms with Gasteiger partial charge in [0.05, 0.1) is 25.7 Å². The number of amides is 2. The molecule has 2 heterocycles. The monoisotopic (exact) mass is 427 g/mol. The fraction of sp³-hybridized carbons (Fsp3) is 0.200. The average molecular weight is 427 g/mol. The molecule has 2 N–H and O–H groups in total. The molecule has 2 amide bonds. The Kier molecular flexibility index (Phi) is 7.28. The molecule has 0 unspecified atom stereocenters. The lowest BCUT2D eigenvalue weighted by atomic mass is 10.3. The zero-order valence-corrected chi connectivity index (χ0v) is 17.1. The van der Waals surface area contributed by atoms with E-state index in [-0.39, 0.29) is 29.9 Å². The highest BCUT2D eigenvalue weighted by Crippen LogP contribution is 2.20. The minimum Gasteiger partial charge on any atom is -0.497 e. The smallest absolute Gasteiger partial charge is 0.287 e. The van der Waals surface area contributed by atoms with E-state index in [2.05, 4.69) is 27.4 Å². The van der Waals surface area contributed by atoms with E-state index in [1.54, 1.807) is 54.2 Å². The molecule has 0 saturated heterocycles. The molecule has 0 saturated carbocycles. The van der Waals surface area contributed by atoms with Crippen LogP contribution >= 0.6 is 11.8 Å². The van der Waals surface area contributed by atoms with Gasteiger partial charge in [0.2, 0.25) is 5.91 Å². The lowest BCUT2D eigenvalue weighted by Crippen LogP contribution is -2.24. The van der Waals surface area contributed by atoms with Crippen molar-refractivity contribution in [2.24, 2.45) is 0 Å². The van der Waals surface area contributed by atoms with E-state index in [9.17, 15) is 9.59 Å². The van der Waals surface area contributed by atoms with E-state index in [1.807, 2.05) is 0 Å². The van der Waals surface area contributed by atoms with Gasteiger partial charge in [0.1, 0.15) is 5.75 Å². The first-order valence-electron chi connectivity index (χ1n) is 9.02. The van der Waals surface area contributed by atoms with Crippen LogP contribution in [0, 0.1) is 0 Å². The molecule has 0 aliphatic carbocycles. The van der Waals surface area contributed by atoms with Gasteiger partial charge in [-0.15, -0.1) is 16.8 Å². The molecule has 156 valence electrons. The number of thioether (sulfide) groups is 1. The van der Waals surface area contributed by atoms with Crippen molar-refractivity contribution in [3.8, 4) is 5.75 Å². The maximum absolute atomic E-state index is 12.3. The zero-order valence-electron chi connectivity index (χ0n) is 16.3. The van der Waals surface area contributed by atoms with Crippen molar-refractivity contribution >= 4 is 29.3 Å². The molecule has 3 aromatic rings. The van der Waals surface area contributed by atoms with E-state index < -0.39 is 0 Å². The Bertz CT molecular complexity index is 1020. The summed E-state index contributed by atoms with van der Waals surface area (Å²) < 4.78 is 12.0. The molecule has 0 spiro atoms. The molecular formula is C20H21N5O4S. The quantitative estimate of drug-likeness (QED) is 0.378. The van der Waals surface area contributed by atoms with E-state index in [0.717, 1.165) is 0 Å². The van der Waals surface area contributed by atoms with Crippen LogP contribution in [0.5, 0.6) is 5.75 Å². The number of furan rings is 1. The van der Waals surface area contributed by atoms with Crippen molar-refractivity contribution in [2.45, 2.75) is 18.2 Å². The summed E-state index contributed by atoms with van der Waals surface area (Å²) in [6.45, 7) is 4.35. The van der Waals surface area contributed by atoms with Crippen LogP contribution in [0.2, 0.25) is 0 Å². The topological polar surface area (TPSA) is 111 Å². The molecule has 0 aliphatic rings. The second-order valence-electron chi connectivity index (χ2n) is 6.03. The second-order valence-corrected chi connectivity index (χ2v) is 6.97. The fourth-order valence-electron chi connectivity index (χ4n) is 2.55. The number of hydrogen-bond acceptors (Lipinski definition) is 7. The van der Waals surface area contributed by atoms with Crippen LogP contribution in [0.4, 0.5) is 5.69 Å². The van der Waals surface area contributed by atoms with Gasteiger partial charge in [-0.25, -0.2) is 0 Å². The molecule has 2 aromatic heterocycles. The SMILES string of the molecule is C=CCn1c(CNC(=O)c2ccco2)nnc1SCC(=O)Nc1cccc(OC)c1. The first-order chi connectivity index (χ1) is 14.6. The number of carbonyl (C=O) groups is 2. The Labute approximate surface area is 177 Å². The summed E-state index contributed by atoms with van der Waals surface area (Å²) in [6.07, 6.45) is 3.13. The van der Waals surface area contributed by atoms with Gasteiger partial charge in [-0.2, -0.15) is 0 Å². The number of allylic oxidation sites excluding steroid dienone is 1. The largest absolute Gasteiger partial charge is 0.497 e. The average Bonchev–Trinajstić information content (AvgIpc) is 3.42. The third kappa shape index (κ3) is 5.51. The Morgan fingerprint density at radius 1 is 1.30 bits per heavy atom. The van der Waals surface area contributed by atoms with Gasteiger partial charge in [0, 0.05) is 18.3 Å². The summed E-state index contributed by atoms with van der Waals surface area (Å²) in [5.74, 6) is 1.03. The third-order valence-corrected chi connectivity index (χ3v) is 4.91. The minimum absolute atomic E-state index is 0.144. The molecule has 0 bridgehead atoms. The molecule has 0 radical (unpaired) electrons. The van der Waals surface area contributed by atoms with Gasteiger partial charge < -0.3 is 24.4 Å². The van der Waals surface area contributed by atoms with Crippen molar-refractivity contribution in [2.75, 3.05) is 18.2 Å². The molecular weight excluding hydrogens is 406 g/mol. The van der Waals surface area contributed by atoms with Gasteiger partial charge in [-0.05, 0) is 24.3 Å². The van der Waals surface area contributed by atoms with E-state index >= 15 is 0 Å². The highest BCUT2D eigenvalue weighted by atomic mass is 32.2. The van der Waals surface area contributed by atoms with E-state index in [1.165, 1.54) is 18.0 Å². The van der Waals surface area contributed by atoms with E-state index in [4.69, 9.17) is 9.15 Å². The number of methoxy groups -OCH3 is 1. The maximum Gasteiger partial charge on any atom is 0.287 e. The van der Waals surface area contributed by atoms with Crippen LogP contribution < -0.4 is 15.4 Å². The number of anilines is 1. The van der Waals surface area contributed by atoms with Gasteiger partial charge in [-0.1, -0.05) is 23.9 Å². The van der Waals surface area contributed by atoms with Crippen LogP contribution in [-0.4, -0.2) is 39.4 Å². The molecule has 1 aromatic carbocycles. The van der Waals surface area contributed by atoms with Crippen molar-refractivity contribution in [3.05, 3.63) is 66.9 Å². The molecule has 10 heteroatoms. The van der Waals surface area contributed by atoms with Crippen molar-refractivity contribution < 1.29 is 18.7 Å². The highest BCUT2D eigenvalue weighted by molar-refractivity contribution is 7.99. The summed E-state index contributed by atoms with van der Waals surface area (Å²) in [4.78, 5) is 24.3. The standard InChI is InChI=1S/C20H21N5O4S/c1-3-9-25-17(12-21-19(27)16-8-5-10-29-16)23-24-20(25)30-13-18(26)22-14-6-4-7-15(11-14)28-2/h3-8,10-11H,1,9,12-13H2,2H3,(H,21,27)(H,22,26). The van der Waals surface area contributed by atoms with Crippen LogP contribution in [0.3, 0.4) is 0 Å². The van der Waals surface area contributed by atoms with Gasteiger partial charge in [0.25, 0.3) is 5.91 Å². The summed E-state index contributed by atoms with van der Waals surface area (Å²) >= 11 is 1.24. The first kappa shape index (κ1) is 21.2. The number of nitrogens with zero attached hydrogens (tertiary/aromatic N) is 3. The lowest BCUT2D eigenvalue weighted by molar-refractivity contribution is -0.113. The number of aromatic nitrogens is 3. The Morgan fingerprint density at radius 3 is 2.90 bits per heavy atom.